The SMILES string of the molecule is Cc1ccc(NC(=O)CCC(=O)N2C[C@H](C)Oc3ccc(C)cc32)c(Cl)c1. The number of carbonyl (C=O) groups excluding carboxylic acids is 2. The smallest absolute Gasteiger partial charge is 0.227 e. The molecule has 2 aromatic rings. The zero-order chi connectivity index (χ0) is 19.6. The zero-order valence-electron chi connectivity index (χ0n) is 15.7. The van der Waals surface area contributed by atoms with Crippen molar-refractivity contribution in [2.45, 2.75) is 39.7 Å². The molecular weight excluding hydrogens is 364 g/mol. The molecule has 0 aliphatic carbocycles. The van der Waals surface area contributed by atoms with E-state index in [1.54, 1.807) is 17.0 Å². The Morgan fingerprint density at radius 1 is 1.15 bits per heavy atom. The fourth-order valence-electron chi connectivity index (χ4n) is 3.07. The summed E-state index contributed by atoms with van der Waals surface area (Å²) in [4.78, 5) is 26.7. The van der Waals surface area contributed by atoms with E-state index in [9.17, 15) is 9.59 Å². The summed E-state index contributed by atoms with van der Waals surface area (Å²) in [5, 5.41) is 3.25. The number of nitrogens with zero attached hydrogens (tertiary/aromatic N) is 1. The molecule has 6 heteroatoms. The van der Waals surface area contributed by atoms with E-state index >= 15 is 0 Å². The van der Waals surface area contributed by atoms with Crippen LogP contribution in [0.2, 0.25) is 5.02 Å². The minimum atomic E-state index is -0.236. The summed E-state index contributed by atoms with van der Waals surface area (Å²) < 4.78 is 5.81. The van der Waals surface area contributed by atoms with Gasteiger partial charge in [-0.15, -0.1) is 0 Å². The van der Waals surface area contributed by atoms with Gasteiger partial charge in [-0.05, 0) is 56.2 Å². The molecule has 0 bridgehead atoms. The van der Waals surface area contributed by atoms with E-state index in [0.717, 1.165) is 16.8 Å². The molecule has 0 saturated carbocycles. The van der Waals surface area contributed by atoms with E-state index in [1.807, 2.05) is 45.0 Å². The number of hydrogen-bond donors (Lipinski definition) is 1. The summed E-state index contributed by atoms with van der Waals surface area (Å²) in [6, 6.07) is 11.2. The number of halogens is 1. The van der Waals surface area contributed by atoms with E-state index in [0.29, 0.717) is 23.0 Å². The number of benzene rings is 2. The summed E-state index contributed by atoms with van der Waals surface area (Å²) in [6.07, 6.45) is 0.120. The van der Waals surface area contributed by atoms with E-state index in [2.05, 4.69) is 5.32 Å². The molecule has 0 spiro atoms. The minimum absolute atomic E-state index is 0.0932. The van der Waals surface area contributed by atoms with Gasteiger partial charge in [0.15, 0.2) is 0 Å². The largest absolute Gasteiger partial charge is 0.487 e. The van der Waals surface area contributed by atoms with Crippen LogP contribution in [0.4, 0.5) is 11.4 Å². The number of hydrogen-bond acceptors (Lipinski definition) is 3. The number of rotatable bonds is 4. The average Bonchev–Trinajstić information content (AvgIpc) is 2.61. The number of fused-ring (bicyclic) bond motifs is 1. The van der Waals surface area contributed by atoms with Crippen molar-refractivity contribution in [3.63, 3.8) is 0 Å². The van der Waals surface area contributed by atoms with Crippen LogP contribution in [0.15, 0.2) is 36.4 Å². The first-order valence-electron chi connectivity index (χ1n) is 8.97. The van der Waals surface area contributed by atoms with Crippen LogP contribution in [-0.4, -0.2) is 24.5 Å². The first kappa shape index (κ1) is 19.2. The molecule has 1 aliphatic heterocycles. The van der Waals surface area contributed by atoms with Crippen molar-refractivity contribution in [3.8, 4) is 5.75 Å². The number of nitrogens with one attached hydrogen (secondary N) is 1. The Hall–Kier alpha value is -2.53. The highest BCUT2D eigenvalue weighted by atomic mass is 35.5. The lowest BCUT2D eigenvalue weighted by Crippen LogP contribution is -2.42. The predicted molar refractivity (Wildman–Crippen MR) is 108 cm³/mol. The molecule has 1 aliphatic rings. The molecule has 5 nitrogen and oxygen atoms in total. The van der Waals surface area contributed by atoms with Gasteiger partial charge >= 0.3 is 0 Å². The van der Waals surface area contributed by atoms with E-state index in [4.69, 9.17) is 16.3 Å². The van der Waals surface area contributed by atoms with Crippen molar-refractivity contribution in [1.82, 2.24) is 0 Å². The maximum atomic E-state index is 12.8. The first-order chi connectivity index (χ1) is 12.8. The molecule has 0 radical (unpaired) electrons. The lowest BCUT2D eigenvalue weighted by atomic mass is 10.1. The topological polar surface area (TPSA) is 58.6 Å². The summed E-state index contributed by atoms with van der Waals surface area (Å²) >= 11 is 6.14. The highest BCUT2D eigenvalue weighted by Crippen LogP contribution is 2.34. The van der Waals surface area contributed by atoms with Gasteiger partial charge in [0.25, 0.3) is 0 Å². The Morgan fingerprint density at radius 3 is 2.59 bits per heavy atom. The van der Waals surface area contributed by atoms with E-state index in [-0.39, 0.29) is 30.8 Å². The van der Waals surface area contributed by atoms with Gasteiger partial charge in [0.2, 0.25) is 11.8 Å². The summed E-state index contributed by atoms with van der Waals surface area (Å²) in [5.41, 5.74) is 3.39. The number of ether oxygens (including phenoxy) is 1. The fraction of sp³-hybridized carbons (Fsp3) is 0.333. The second kappa shape index (κ2) is 8.01. The quantitative estimate of drug-likeness (QED) is 0.842. The summed E-state index contributed by atoms with van der Waals surface area (Å²) in [5.74, 6) is 0.366. The van der Waals surface area contributed by atoms with Crippen LogP contribution >= 0.6 is 11.6 Å². The van der Waals surface area contributed by atoms with Crippen LogP contribution in [0.3, 0.4) is 0 Å². The van der Waals surface area contributed by atoms with Gasteiger partial charge in [-0.3, -0.25) is 9.59 Å². The van der Waals surface area contributed by atoms with Crippen LogP contribution in [-0.2, 0) is 9.59 Å². The number of aryl methyl sites for hydroxylation is 2. The Labute approximate surface area is 164 Å². The number of anilines is 2. The molecule has 0 fully saturated rings. The minimum Gasteiger partial charge on any atom is -0.487 e. The number of carbonyl (C=O) groups is 2. The molecule has 3 rings (SSSR count). The fourth-order valence-corrected chi connectivity index (χ4v) is 3.36. The van der Waals surface area contributed by atoms with Gasteiger partial charge in [-0.1, -0.05) is 23.7 Å². The molecule has 0 unspecified atom stereocenters. The summed E-state index contributed by atoms with van der Waals surface area (Å²) in [7, 11) is 0. The van der Waals surface area contributed by atoms with Crippen molar-refractivity contribution < 1.29 is 14.3 Å². The molecule has 1 N–H and O–H groups in total. The summed E-state index contributed by atoms with van der Waals surface area (Å²) in [6.45, 7) is 6.30. The third kappa shape index (κ3) is 4.61. The molecule has 142 valence electrons. The Morgan fingerprint density at radius 2 is 1.85 bits per heavy atom. The molecule has 2 amide bonds. The monoisotopic (exact) mass is 386 g/mol. The van der Waals surface area contributed by atoms with Gasteiger partial charge in [0, 0.05) is 12.8 Å². The molecule has 1 heterocycles. The predicted octanol–water partition coefficient (Wildman–Crippen LogP) is 4.49. The van der Waals surface area contributed by atoms with E-state index < -0.39 is 0 Å². The Kier molecular flexibility index (Phi) is 5.71. The van der Waals surface area contributed by atoms with Crippen molar-refractivity contribution in [2.75, 3.05) is 16.8 Å². The highest BCUT2D eigenvalue weighted by molar-refractivity contribution is 6.33. The van der Waals surface area contributed by atoms with Gasteiger partial charge in [0.05, 0.1) is 22.9 Å². The highest BCUT2D eigenvalue weighted by Gasteiger charge is 2.27. The van der Waals surface area contributed by atoms with Gasteiger partial charge < -0.3 is 15.0 Å². The van der Waals surface area contributed by atoms with Crippen LogP contribution in [0.1, 0.15) is 30.9 Å². The Bertz CT molecular complexity index is 882. The third-order valence-electron chi connectivity index (χ3n) is 4.44. The van der Waals surface area contributed by atoms with Crippen LogP contribution in [0, 0.1) is 13.8 Å². The molecule has 27 heavy (non-hydrogen) atoms. The maximum absolute atomic E-state index is 12.8. The van der Waals surface area contributed by atoms with Gasteiger partial charge in [-0.25, -0.2) is 0 Å². The van der Waals surface area contributed by atoms with Gasteiger partial charge in [0.1, 0.15) is 11.9 Å². The van der Waals surface area contributed by atoms with Crippen LogP contribution < -0.4 is 15.0 Å². The second-order valence-corrected chi connectivity index (χ2v) is 7.34. The molecule has 0 saturated heterocycles. The lowest BCUT2D eigenvalue weighted by Gasteiger charge is -2.33. The number of amides is 2. The van der Waals surface area contributed by atoms with Crippen LogP contribution in [0.5, 0.6) is 5.75 Å². The normalized spacial score (nSPS) is 15.7. The van der Waals surface area contributed by atoms with Crippen molar-refractivity contribution >= 4 is 34.8 Å². The molecular formula is C21H23ClN2O3. The zero-order valence-corrected chi connectivity index (χ0v) is 16.5. The molecule has 1 atom stereocenters. The Balaban J connectivity index is 1.64. The van der Waals surface area contributed by atoms with Crippen molar-refractivity contribution in [1.29, 1.82) is 0 Å². The van der Waals surface area contributed by atoms with Crippen LogP contribution in [0.25, 0.3) is 0 Å². The molecule has 0 aromatic heterocycles. The first-order valence-corrected chi connectivity index (χ1v) is 9.35. The standard InChI is InChI=1S/C21H23ClN2O3/c1-13-4-6-17(16(22)10-13)23-20(25)8-9-21(26)24-12-15(3)27-19-7-5-14(2)11-18(19)24/h4-7,10-11,15H,8-9,12H2,1-3H3,(H,23,25)/t15-/m0/s1. The average molecular weight is 387 g/mol. The van der Waals surface area contributed by atoms with E-state index in [1.165, 1.54) is 0 Å². The third-order valence-corrected chi connectivity index (χ3v) is 4.75. The van der Waals surface area contributed by atoms with Crippen molar-refractivity contribution in [3.05, 3.63) is 52.5 Å². The van der Waals surface area contributed by atoms with Crippen molar-refractivity contribution in [2.24, 2.45) is 0 Å². The molecule has 2 aromatic carbocycles. The lowest BCUT2D eigenvalue weighted by molar-refractivity contribution is -0.122. The van der Waals surface area contributed by atoms with Gasteiger partial charge in [-0.2, -0.15) is 0 Å². The maximum Gasteiger partial charge on any atom is 0.227 e. The second-order valence-electron chi connectivity index (χ2n) is 6.94.